The molecule has 1 aliphatic rings. The van der Waals surface area contributed by atoms with E-state index in [9.17, 15) is 18.0 Å². The normalized spacial score (nSPS) is 17.6. The molecule has 0 bridgehead atoms. The van der Waals surface area contributed by atoms with Gasteiger partial charge in [0, 0.05) is 11.9 Å². The van der Waals surface area contributed by atoms with E-state index in [1.807, 2.05) is 12.1 Å². The van der Waals surface area contributed by atoms with Crippen molar-refractivity contribution in [1.29, 1.82) is 0 Å². The fourth-order valence-corrected chi connectivity index (χ4v) is 2.71. The number of amides is 1. The van der Waals surface area contributed by atoms with Crippen LogP contribution in [0.5, 0.6) is 0 Å². The summed E-state index contributed by atoms with van der Waals surface area (Å²) in [4.78, 5) is 13.0. The highest BCUT2D eigenvalue weighted by atomic mass is 79.9. The van der Waals surface area contributed by atoms with Crippen LogP contribution in [-0.2, 0) is 11.2 Å². The number of alkyl halides is 4. The number of benzene rings is 1. The molecule has 1 aromatic rings. The molecule has 1 unspecified atom stereocenters. The van der Waals surface area contributed by atoms with Crippen molar-refractivity contribution in [3.05, 3.63) is 35.4 Å². The molecule has 2 rings (SSSR count). The van der Waals surface area contributed by atoms with Crippen LogP contribution in [0.2, 0.25) is 0 Å². The lowest BCUT2D eigenvalue weighted by Crippen LogP contribution is -2.44. The Morgan fingerprint density at radius 1 is 1.37 bits per heavy atom. The Labute approximate surface area is 117 Å². The lowest BCUT2D eigenvalue weighted by Gasteiger charge is -2.34. The third-order valence-electron chi connectivity index (χ3n) is 3.19. The summed E-state index contributed by atoms with van der Waals surface area (Å²) < 4.78 is 37.4. The van der Waals surface area contributed by atoms with E-state index < -0.39 is 24.5 Å². The topological polar surface area (TPSA) is 20.3 Å². The van der Waals surface area contributed by atoms with Crippen LogP contribution in [-0.4, -0.2) is 35.4 Å². The van der Waals surface area contributed by atoms with E-state index in [0.717, 1.165) is 16.0 Å². The third-order valence-corrected chi connectivity index (χ3v) is 3.54. The minimum absolute atomic E-state index is 0.0665. The van der Waals surface area contributed by atoms with Gasteiger partial charge in [-0.25, -0.2) is 0 Å². The van der Waals surface area contributed by atoms with Crippen LogP contribution in [0.25, 0.3) is 0 Å². The molecule has 0 N–H and O–H groups in total. The Morgan fingerprint density at radius 2 is 2.05 bits per heavy atom. The summed E-state index contributed by atoms with van der Waals surface area (Å²) in [5.41, 5.74) is 1.90. The Kier molecular flexibility index (Phi) is 4.18. The lowest BCUT2D eigenvalue weighted by molar-refractivity contribution is -0.161. The molecule has 0 aliphatic heterocycles. The zero-order valence-electron chi connectivity index (χ0n) is 10.1. The van der Waals surface area contributed by atoms with E-state index in [1.54, 1.807) is 12.1 Å². The van der Waals surface area contributed by atoms with Crippen LogP contribution in [0.4, 0.5) is 13.2 Å². The second-order valence-electron chi connectivity index (χ2n) is 4.52. The minimum atomic E-state index is -4.36. The van der Waals surface area contributed by atoms with E-state index >= 15 is 0 Å². The molecule has 104 valence electrons. The van der Waals surface area contributed by atoms with Crippen LogP contribution in [0, 0.1) is 0 Å². The van der Waals surface area contributed by atoms with Gasteiger partial charge in [0.2, 0.25) is 5.91 Å². The maximum atomic E-state index is 12.5. The molecule has 0 saturated carbocycles. The molecule has 0 radical (unpaired) electrons. The molecule has 1 aromatic carbocycles. The molecule has 0 heterocycles. The highest BCUT2D eigenvalue weighted by molar-refractivity contribution is 9.09. The van der Waals surface area contributed by atoms with Gasteiger partial charge in [0.1, 0.15) is 6.54 Å². The van der Waals surface area contributed by atoms with Crippen molar-refractivity contribution in [2.45, 2.75) is 18.5 Å². The monoisotopic (exact) mass is 335 g/mol. The van der Waals surface area contributed by atoms with Crippen molar-refractivity contribution in [3.63, 3.8) is 0 Å². The van der Waals surface area contributed by atoms with Crippen molar-refractivity contribution in [2.75, 3.05) is 18.4 Å². The van der Waals surface area contributed by atoms with Crippen molar-refractivity contribution in [3.8, 4) is 0 Å². The lowest BCUT2D eigenvalue weighted by atomic mass is 9.77. The minimum Gasteiger partial charge on any atom is -0.332 e. The number of carbonyl (C=O) groups is 1. The van der Waals surface area contributed by atoms with E-state index in [4.69, 9.17) is 0 Å². The van der Waals surface area contributed by atoms with Gasteiger partial charge in [-0.15, -0.1) is 0 Å². The standard InChI is InChI=1S/C13H13BrF3NO/c14-5-6-18(8-13(15,16)17)12(19)11-7-9-3-1-2-4-10(9)11/h1-4,11H,5-8H2. The smallest absolute Gasteiger partial charge is 0.332 e. The summed E-state index contributed by atoms with van der Waals surface area (Å²) >= 11 is 3.09. The maximum absolute atomic E-state index is 12.5. The number of hydrogen-bond acceptors (Lipinski definition) is 1. The van der Waals surface area contributed by atoms with Gasteiger partial charge in [0.05, 0.1) is 5.92 Å². The summed E-state index contributed by atoms with van der Waals surface area (Å²) in [6.07, 6.45) is -3.83. The molecule has 2 nitrogen and oxygen atoms in total. The SMILES string of the molecule is O=C(C1Cc2ccccc21)N(CCBr)CC(F)(F)F. The van der Waals surface area contributed by atoms with Crippen molar-refractivity contribution in [2.24, 2.45) is 0 Å². The van der Waals surface area contributed by atoms with E-state index in [0.29, 0.717) is 11.8 Å². The van der Waals surface area contributed by atoms with Crippen molar-refractivity contribution < 1.29 is 18.0 Å². The molecule has 0 fully saturated rings. The number of halogens is 4. The highest BCUT2D eigenvalue weighted by Crippen LogP contribution is 2.36. The number of hydrogen-bond donors (Lipinski definition) is 0. The van der Waals surface area contributed by atoms with Gasteiger partial charge in [0.25, 0.3) is 0 Å². The first-order valence-corrected chi connectivity index (χ1v) is 7.04. The fraction of sp³-hybridized carbons (Fsp3) is 0.462. The molecule has 1 aliphatic carbocycles. The molecular formula is C13H13BrF3NO. The molecule has 1 atom stereocenters. The Hall–Kier alpha value is -1.04. The Bertz CT molecular complexity index is 475. The molecular weight excluding hydrogens is 323 g/mol. The van der Waals surface area contributed by atoms with E-state index in [1.165, 1.54) is 0 Å². The van der Waals surface area contributed by atoms with E-state index in [2.05, 4.69) is 15.9 Å². The number of nitrogens with zero attached hydrogens (tertiary/aromatic N) is 1. The number of carbonyl (C=O) groups excluding carboxylic acids is 1. The van der Waals surface area contributed by atoms with Gasteiger partial charge in [-0.05, 0) is 17.5 Å². The molecule has 0 spiro atoms. The predicted molar refractivity (Wildman–Crippen MR) is 69.3 cm³/mol. The first-order chi connectivity index (χ1) is 8.92. The summed E-state index contributed by atoms with van der Waals surface area (Å²) in [6.45, 7) is -1.12. The van der Waals surface area contributed by atoms with Crippen molar-refractivity contribution >= 4 is 21.8 Å². The molecule has 1 amide bonds. The number of rotatable bonds is 4. The zero-order valence-corrected chi connectivity index (χ0v) is 11.7. The first kappa shape index (κ1) is 14.4. The van der Waals surface area contributed by atoms with Gasteiger partial charge in [-0.1, -0.05) is 40.2 Å². The van der Waals surface area contributed by atoms with Crippen LogP contribution in [0.15, 0.2) is 24.3 Å². The van der Waals surface area contributed by atoms with Gasteiger partial charge < -0.3 is 4.90 Å². The van der Waals surface area contributed by atoms with Crippen LogP contribution in [0.1, 0.15) is 17.0 Å². The first-order valence-electron chi connectivity index (χ1n) is 5.91. The summed E-state index contributed by atoms with van der Waals surface area (Å²) in [7, 11) is 0. The predicted octanol–water partition coefficient (Wildman–Crippen LogP) is 3.11. The Morgan fingerprint density at radius 3 is 2.63 bits per heavy atom. The molecule has 19 heavy (non-hydrogen) atoms. The van der Waals surface area contributed by atoms with Crippen LogP contribution < -0.4 is 0 Å². The van der Waals surface area contributed by atoms with Gasteiger partial charge >= 0.3 is 6.18 Å². The molecule has 6 heteroatoms. The maximum Gasteiger partial charge on any atom is 0.406 e. The summed E-state index contributed by atoms with van der Waals surface area (Å²) in [5.74, 6) is -0.854. The van der Waals surface area contributed by atoms with Crippen LogP contribution >= 0.6 is 15.9 Å². The second-order valence-corrected chi connectivity index (χ2v) is 5.31. The molecule has 0 aromatic heterocycles. The van der Waals surface area contributed by atoms with Crippen LogP contribution in [0.3, 0.4) is 0 Å². The quantitative estimate of drug-likeness (QED) is 0.774. The largest absolute Gasteiger partial charge is 0.406 e. The second kappa shape index (κ2) is 5.53. The average Bonchev–Trinajstić information content (AvgIpc) is 2.28. The molecule has 0 saturated heterocycles. The number of fused-ring (bicyclic) bond motifs is 1. The zero-order chi connectivity index (χ0) is 14.0. The highest BCUT2D eigenvalue weighted by Gasteiger charge is 2.39. The van der Waals surface area contributed by atoms with Gasteiger partial charge in [-0.3, -0.25) is 4.79 Å². The van der Waals surface area contributed by atoms with Gasteiger partial charge in [0.15, 0.2) is 0 Å². The fourth-order valence-electron chi connectivity index (χ4n) is 2.29. The average molecular weight is 336 g/mol. The van der Waals surface area contributed by atoms with Gasteiger partial charge in [-0.2, -0.15) is 13.2 Å². The summed E-state index contributed by atoms with van der Waals surface area (Å²) in [5, 5.41) is 0.336. The summed E-state index contributed by atoms with van der Waals surface area (Å²) in [6, 6.07) is 7.38. The van der Waals surface area contributed by atoms with E-state index in [-0.39, 0.29) is 6.54 Å². The van der Waals surface area contributed by atoms with Crippen molar-refractivity contribution in [1.82, 2.24) is 4.90 Å². The Balaban J connectivity index is 2.09. The third kappa shape index (κ3) is 3.29.